The molecular weight excluding hydrogens is 548 g/mol. The number of nitrogens with one attached hydrogen (secondary N) is 3. The molecule has 0 unspecified atom stereocenters. The maximum atomic E-state index is 9.63. The lowest BCUT2D eigenvalue weighted by atomic mass is 9.96. The highest BCUT2D eigenvalue weighted by Crippen LogP contribution is 2.34. The molecule has 13 heteroatoms. The van der Waals surface area contributed by atoms with Crippen molar-refractivity contribution in [1.29, 1.82) is 5.26 Å². The second-order valence-electron chi connectivity index (χ2n) is 11.8. The number of aromatic nitrogens is 4. The Morgan fingerprint density at radius 1 is 1.14 bits per heavy atom. The van der Waals surface area contributed by atoms with Gasteiger partial charge < -0.3 is 19.5 Å². The van der Waals surface area contributed by atoms with E-state index in [1.165, 1.54) is 19.3 Å². The first-order chi connectivity index (χ1) is 20.8. The van der Waals surface area contributed by atoms with Gasteiger partial charge in [-0.25, -0.2) is 15.5 Å². The molecule has 1 saturated carbocycles. The second-order valence-corrected chi connectivity index (χ2v) is 11.8. The molecule has 1 aliphatic heterocycles. The molecule has 1 atom stereocenters. The van der Waals surface area contributed by atoms with Crippen LogP contribution in [0.5, 0.6) is 11.6 Å². The van der Waals surface area contributed by atoms with Gasteiger partial charge in [0.2, 0.25) is 5.95 Å². The van der Waals surface area contributed by atoms with Gasteiger partial charge in [-0.2, -0.15) is 10.4 Å². The van der Waals surface area contributed by atoms with Gasteiger partial charge in [0.15, 0.2) is 0 Å². The van der Waals surface area contributed by atoms with Crippen LogP contribution >= 0.6 is 0 Å². The maximum Gasteiger partial charge on any atom is 0.256 e. The van der Waals surface area contributed by atoms with Gasteiger partial charge in [-0.05, 0) is 37.5 Å². The van der Waals surface area contributed by atoms with Crippen molar-refractivity contribution in [2.75, 3.05) is 32.2 Å². The summed E-state index contributed by atoms with van der Waals surface area (Å²) in [4.78, 5) is 9.15. The summed E-state index contributed by atoms with van der Waals surface area (Å²) < 4.78 is 19.7. The Hall–Kier alpha value is -4.41. The smallest absolute Gasteiger partial charge is 0.256 e. The molecule has 43 heavy (non-hydrogen) atoms. The minimum Gasteiger partial charge on any atom is -0.487 e. The molecule has 0 amide bonds. The van der Waals surface area contributed by atoms with Crippen LogP contribution < -0.4 is 25.9 Å². The SMILES string of the molecule is COCC(C)(C)COc1nn(C2CCCCC2)cc1Nc1ncc(-c2ccc(C#N)c(O[C@@H](C)CN3C=NNN3)c2)cn1. The number of methoxy groups -OCH3 is 1. The monoisotopic (exact) mass is 588 g/mol. The molecule has 0 radical (unpaired) electrons. The van der Waals surface area contributed by atoms with Crippen molar-refractivity contribution < 1.29 is 14.2 Å². The fourth-order valence-corrected chi connectivity index (χ4v) is 5.19. The van der Waals surface area contributed by atoms with Crippen molar-refractivity contribution in [3.63, 3.8) is 0 Å². The molecule has 1 fully saturated rings. The van der Waals surface area contributed by atoms with E-state index < -0.39 is 0 Å². The number of benzene rings is 1. The number of rotatable bonds is 13. The Morgan fingerprint density at radius 2 is 1.93 bits per heavy atom. The lowest BCUT2D eigenvalue weighted by molar-refractivity contribution is 0.0626. The maximum absolute atomic E-state index is 9.63. The van der Waals surface area contributed by atoms with Gasteiger partial charge in [-0.3, -0.25) is 9.69 Å². The highest BCUT2D eigenvalue weighted by Gasteiger charge is 2.24. The Balaban J connectivity index is 1.31. The average Bonchev–Trinajstić information content (AvgIpc) is 3.67. The van der Waals surface area contributed by atoms with E-state index in [2.05, 4.69) is 51.4 Å². The topological polar surface area (TPSA) is 147 Å². The Kier molecular flexibility index (Phi) is 9.58. The third-order valence-electron chi connectivity index (χ3n) is 7.35. The van der Waals surface area contributed by atoms with Crippen LogP contribution in [0.4, 0.5) is 11.6 Å². The summed E-state index contributed by atoms with van der Waals surface area (Å²) in [5, 5.41) is 23.4. The molecule has 1 aromatic carbocycles. The molecule has 3 N–H and O–H groups in total. The minimum absolute atomic E-state index is 0.170. The number of ether oxygens (including phenoxy) is 3. The normalized spacial score (nSPS) is 16.0. The quantitative estimate of drug-likeness (QED) is 0.258. The zero-order valence-corrected chi connectivity index (χ0v) is 25.2. The lowest BCUT2D eigenvalue weighted by Crippen LogP contribution is -2.42. The zero-order valence-electron chi connectivity index (χ0n) is 25.2. The number of hydrogen-bond donors (Lipinski definition) is 3. The number of nitrogens with zero attached hydrogens (tertiary/aromatic N) is 7. The van der Waals surface area contributed by atoms with Gasteiger partial charge in [0.25, 0.3) is 5.88 Å². The Morgan fingerprint density at radius 3 is 2.63 bits per heavy atom. The van der Waals surface area contributed by atoms with Gasteiger partial charge in [-0.1, -0.05) is 39.2 Å². The summed E-state index contributed by atoms with van der Waals surface area (Å²) in [5.74, 6) is 1.45. The molecule has 13 nitrogen and oxygen atoms in total. The predicted molar refractivity (Wildman–Crippen MR) is 163 cm³/mol. The number of anilines is 2. The third-order valence-corrected chi connectivity index (χ3v) is 7.35. The van der Waals surface area contributed by atoms with E-state index in [4.69, 9.17) is 19.3 Å². The first-order valence-electron chi connectivity index (χ1n) is 14.6. The van der Waals surface area contributed by atoms with Crippen LogP contribution in [0.15, 0.2) is 41.9 Å². The molecule has 0 saturated heterocycles. The van der Waals surface area contributed by atoms with Crippen LogP contribution in [0.3, 0.4) is 0 Å². The van der Waals surface area contributed by atoms with E-state index in [0.717, 1.165) is 29.7 Å². The predicted octanol–water partition coefficient (Wildman–Crippen LogP) is 4.55. The summed E-state index contributed by atoms with van der Waals surface area (Å²) in [6, 6.07) is 8.01. The van der Waals surface area contributed by atoms with Gasteiger partial charge in [0.1, 0.15) is 29.9 Å². The summed E-state index contributed by atoms with van der Waals surface area (Å²) in [5.41, 5.74) is 8.17. The minimum atomic E-state index is -0.213. The van der Waals surface area contributed by atoms with Crippen molar-refractivity contribution in [3.05, 3.63) is 42.4 Å². The van der Waals surface area contributed by atoms with Crippen molar-refractivity contribution in [3.8, 4) is 28.8 Å². The summed E-state index contributed by atoms with van der Waals surface area (Å²) in [6.45, 7) is 7.69. The Labute approximate surface area is 252 Å². The Bertz CT molecular complexity index is 1430. The van der Waals surface area contributed by atoms with E-state index >= 15 is 0 Å². The van der Waals surface area contributed by atoms with Crippen LogP contribution in [-0.2, 0) is 4.74 Å². The standard InChI is InChI=1S/C30H40N10O3/c1-21(16-39-20-34-37-38-39)43-27-12-22(10-11-23(27)13-31)24-14-32-29(33-15-24)35-26-17-40(25-8-6-5-7-9-25)36-28(26)42-19-30(2,3)18-41-4/h10-12,14-15,17,20-21,25,37-38H,5-9,16,18-19H2,1-4H3,(H,32,33,35)/t21-/m0/s1. The summed E-state index contributed by atoms with van der Waals surface area (Å²) in [7, 11) is 1.70. The fourth-order valence-electron chi connectivity index (χ4n) is 5.19. The summed E-state index contributed by atoms with van der Waals surface area (Å²) >= 11 is 0. The summed E-state index contributed by atoms with van der Waals surface area (Å²) in [6.07, 6.45) is 12.8. The number of hydrogen-bond acceptors (Lipinski definition) is 12. The number of hydrazine groups is 2. The van der Waals surface area contributed by atoms with Crippen molar-refractivity contribution in [2.45, 2.75) is 65.0 Å². The van der Waals surface area contributed by atoms with Gasteiger partial charge in [0.05, 0.1) is 37.6 Å². The fraction of sp³-hybridized carbons (Fsp3) is 0.500. The number of nitriles is 1. The molecule has 3 heterocycles. The molecule has 0 bridgehead atoms. The van der Waals surface area contributed by atoms with Crippen LogP contribution in [-0.4, -0.2) is 64.1 Å². The van der Waals surface area contributed by atoms with Crippen molar-refractivity contribution >= 4 is 18.0 Å². The second kappa shape index (κ2) is 13.7. The van der Waals surface area contributed by atoms with Crippen LogP contribution in [0, 0.1) is 16.7 Å². The largest absolute Gasteiger partial charge is 0.487 e. The van der Waals surface area contributed by atoms with Crippen molar-refractivity contribution in [2.24, 2.45) is 10.5 Å². The molecule has 228 valence electrons. The van der Waals surface area contributed by atoms with Gasteiger partial charge in [-0.15, -0.1) is 10.6 Å². The van der Waals surface area contributed by atoms with Crippen molar-refractivity contribution in [1.82, 2.24) is 35.8 Å². The van der Waals surface area contributed by atoms with E-state index in [1.807, 2.05) is 29.9 Å². The molecular formula is C30H40N10O3. The molecule has 3 aromatic rings. The molecule has 1 aliphatic carbocycles. The van der Waals surface area contributed by atoms with Gasteiger partial charge >= 0.3 is 0 Å². The lowest BCUT2D eigenvalue weighted by Gasteiger charge is -2.23. The first kappa shape index (κ1) is 30.1. The molecule has 5 rings (SSSR count). The van der Waals surface area contributed by atoms with Crippen LogP contribution in [0.25, 0.3) is 11.1 Å². The van der Waals surface area contributed by atoms with Gasteiger partial charge in [0, 0.05) is 30.5 Å². The van der Waals surface area contributed by atoms with E-state index in [-0.39, 0.29) is 11.5 Å². The highest BCUT2D eigenvalue weighted by molar-refractivity contribution is 5.67. The van der Waals surface area contributed by atoms with Crippen LogP contribution in [0.2, 0.25) is 0 Å². The molecule has 0 spiro atoms. The van der Waals surface area contributed by atoms with E-state index in [9.17, 15) is 5.26 Å². The van der Waals surface area contributed by atoms with E-state index in [0.29, 0.717) is 48.9 Å². The average molecular weight is 589 g/mol. The zero-order chi connectivity index (χ0) is 30.2. The number of hydrazone groups is 1. The highest BCUT2D eigenvalue weighted by atomic mass is 16.5. The first-order valence-corrected chi connectivity index (χ1v) is 14.6. The van der Waals surface area contributed by atoms with Crippen LogP contribution in [0.1, 0.15) is 64.5 Å². The molecule has 2 aromatic heterocycles. The van der Waals surface area contributed by atoms with E-state index in [1.54, 1.807) is 36.9 Å². The molecule has 2 aliphatic rings. The third kappa shape index (κ3) is 7.91.